The second-order valence-corrected chi connectivity index (χ2v) is 6.96. The summed E-state index contributed by atoms with van der Waals surface area (Å²) in [6.07, 6.45) is 6.42. The Balaban J connectivity index is 1.51. The molecule has 6 heteroatoms. The number of nitrogens with two attached hydrogens (primary N) is 2. The van der Waals surface area contributed by atoms with Crippen molar-refractivity contribution in [3.63, 3.8) is 0 Å². The molecule has 2 aliphatic rings. The SMILES string of the molecule is Nc1ccn(-c2ccc(CN3C4CCC3CC(N)C4)cc2)c(=O)n1. The van der Waals surface area contributed by atoms with E-state index in [-0.39, 0.29) is 11.5 Å². The van der Waals surface area contributed by atoms with Crippen LogP contribution in [0.15, 0.2) is 41.3 Å². The minimum atomic E-state index is -0.356. The Hall–Kier alpha value is -2.18. The fourth-order valence-corrected chi connectivity index (χ4v) is 4.16. The zero-order chi connectivity index (χ0) is 16.7. The number of rotatable bonds is 3. The second kappa shape index (κ2) is 6.03. The maximum atomic E-state index is 11.9. The number of hydrogen-bond acceptors (Lipinski definition) is 5. The van der Waals surface area contributed by atoms with Gasteiger partial charge in [0.25, 0.3) is 0 Å². The predicted molar refractivity (Wildman–Crippen MR) is 93.8 cm³/mol. The second-order valence-electron chi connectivity index (χ2n) is 6.96. The molecular formula is C18H23N5O. The molecule has 1 aromatic heterocycles. The van der Waals surface area contributed by atoms with Gasteiger partial charge in [-0.25, -0.2) is 4.79 Å². The average molecular weight is 325 g/mol. The van der Waals surface area contributed by atoms with Gasteiger partial charge in [0.15, 0.2) is 0 Å². The number of aromatic nitrogens is 2. The Labute approximate surface area is 141 Å². The molecule has 4 N–H and O–H groups in total. The van der Waals surface area contributed by atoms with Gasteiger partial charge in [0.2, 0.25) is 0 Å². The van der Waals surface area contributed by atoms with Gasteiger partial charge in [0.1, 0.15) is 5.82 Å². The van der Waals surface area contributed by atoms with Crippen molar-refractivity contribution in [1.82, 2.24) is 14.5 Å². The quantitative estimate of drug-likeness (QED) is 0.887. The summed E-state index contributed by atoms with van der Waals surface area (Å²) in [5, 5.41) is 0. The lowest BCUT2D eigenvalue weighted by Gasteiger charge is -2.37. The number of piperidine rings is 1. The van der Waals surface area contributed by atoms with E-state index in [1.807, 2.05) is 12.1 Å². The van der Waals surface area contributed by atoms with Gasteiger partial charge in [-0.2, -0.15) is 4.98 Å². The van der Waals surface area contributed by atoms with Crippen LogP contribution in [-0.2, 0) is 6.54 Å². The highest BCUT2D eigenvalue weighted by Crippen LogP contribution is 2.36. The molecule has 126 valence electrons. The van der Waals surface area contributed by atoms with Crippen LogP contribution in [0.5, 0.6) is 0 Å². The van der Waals surface area contributed by atoms with E-state index in [0.29, 0.717) is 18.1 Å². The van der Waals surface area contributed by atoms with Gasteiger partial charge in [-0.15, -0.1) is 0 Å². The van der Waals surface area contributed by atoms with Gasteiger partial charge in [-0.05, 0) is 49.4 Å². The van der Waals surface area contributed by atoms with Gasteiger partial charge in [-0.3, -0.25) is 9.47 Å². The van der Waals surface area contributed by atoms with Crippen LogP contribution in [-0.4, -0.2) is 32.6 Å². The number of nitrogens with zero attached hydrogens (tertiary/aromatic N) is 3. The normalized spacial score (nSPS) is 26.6. The fraction of sp³-hybridized carbons (Fsp3) is 0.444. The van der Waals surface area contributed by atoms with Crippen LogP contribution in [0.3, 0.4) is 0 Å². The summed E-state index contributed by atoms with van der Waals surface area (Å²) in [5.41, 5.74) is 13.4. The van der Waals surface area contributed by atoms with Crippen LogP contribution in [0.2, 0.25) is 0 Å². The molecule has 0 saturated carbocycles. The molecule has 6 nitrogen and oxygen atoms in total. The Morgan fingerprint density at radius 1 is 1.08 bits per heavy atom. The standard InChI is InChI=1S/C18H23N5O/c19-13-9-15-5-6-16(10-13)23(15)11-12-1-3-14(4-2-12)22-8-7-17(20)21-18(22)24/h1-4,7-8,13,15-16H,5-6,9-11,19H2,(H2,20,21,24). The molecule has 2 unspecified atom stereocenters. The van der Waals surface area contributed by atoms with E-state index < -0.39 is 0 Å². The van der Waals surface area contributed by atoms with Crippen molar-refractivity contribution in [3.8, 4) is 5.69 Å². The van der Waals surface area contributed by atoms with Crippen molar-refractivity contribution in [1.29, 1.82) is 0 Å². The predicted octanol–water partition coefficient (Wildman–Crippen LogP) is 1.27. The molecule has 24 heavy (non-hydrogen) atoms. The third kappa shape index (κ3) is 2.83. The monoisotopic (exact) mass is 325 g/mol. The van der Waals surface area contributed by atoms with Crippen molar-refractivity contribution in [2.45, 2.75) is 50.4 Å². The molecule has 1 aromatic carbocycles. The highest BCUT2D eigenvalue weighted by Gasteiger charge is 2.39. The van der Waals surface area contributed by atoms with Crippen LogP contribution in [0.4, 0.5) is 5.82 Å². The van der Waals surface area contributed by atoms with Crippen molar-refractivity contribution in [3.05, 3.63) is 52.6 Å². The third-order valence-electron chi connectivity index (χ3n) is 5.33. The van der Waals surface area contributed by atoms with E-state index >= 15 is 0 Å². The number of benzene rings is 1. The molecular weight excluding hydrogens is 302 g/mol. The minimum Gasteiger partial charge on any atom is -0.383 e. The fourth-order valence-electron chi connectivity index (χ4n) is 4.16. The lowest BCUT2D eigenvalue weighted by Crippen LogP contribution is -2.46. The van der Waals surface area contributed by atoms with Crippen molar-refractivity contribution in [2.75, 3.05) is 5.73 Å². The van der Waals surface area contributed by atoms with Crippen LogP contribution in [0.1, 0.15) is 31.2 Å². The first-order chi connectivity index (χ1) is 11.6. The summed E-state index contributed by atoms with van der Waals surface area (Å²) in [6.45, 7) is 0.956. The third-order valence-corrected chi connectivity index (χ3v) is 5.33. The van der Waals surface area contributed by atoms with Gasteiger partial charge >= 0.3 is 5.69 Å². The topological polar surface area (TPSA) is 90.2 Å². The maximum absolute atomic E-state index is 11.9. The molecule has 0 radical (unpaired) electrons. The molecule has 2 aliphatic heterocycles. The zero-order valence-corrected chi connectivity index (χ0v) is 13.6. The van der Waals surface area contributed by atoms with Crippen LogP contribution < -0.4 is 17.2 Å². The Bertz CT molecular complexity index is 771. The minimum absolute atomic E-state index is 0.242. The molecule has 0 spiro atoms. The van der Waals surface area contributed by atoms with Crippen molar-refractivity contribution < 1.29 is 0 Å². The van der Waals surface area contributed by atoms with Gasteiger partial charge in [0, 0.05) is 30.9 Å². The molecule has 0 aliphatic carbocycles. The van der Waals surface area contributed by atoms with E-state index in [4.69, 9.17) is 11.5 Å². The van der Waals surface area contributed by atoms with E-state index in [0.717, 1.165) is 25.1 Å². The summed E-state index contributed by atoms with van der Waals surface area (Å²) < 4.78 is 1.50. The lowest BCUT2D eigenvalue weighted by atomic mass is 9.97. The molecule has 2 saturated heterocycles. The van der Waals surface area contributed by atoms with E-state index in [1.165, 1.54) is 23.0 Å². The van der Waals surface area contributed by atoms with Gasteiger partial charge in [0.05, 0.1) is 5.69 Å². The Kier molecular flexibility index (Phi) is 3.86. The van der Waals surface area contributed by atoms with Crippen LogP contribution in [0, 0.1) is 0 Å². The first-order valence-corrected chi connectivity index (χ1v) is 8.56. The molecule has 4 rings (SSSR count). The van der Waals surface area contributed by atoms with E-state index in [2.05, 4.69) is 22.0 Å². The number of nitrogen functional groups attached to an aromatic ring is 1. The van der Waals surface area contributed by atoms with E-state index in [1.54, 1.807) is 12.3 Å². The first kappa shape index (κ1) is 15.4. The summed E-state index contributed by atoms with van der Waals surface area (Å²) in [6, 6.07) is 11.4. The smallest absolute Gasteiger partial charge is 0.354 e. The Morgan fingerprint density at radius 2 is 1.75 bits per heavy atom. The maximum Gasteiger partial charge on any atom is 0.354 e. The molecule has 2 aromatic rings. The van der Waals surface area contributed by atoms with Gasteiger partial charge in [-0.1, -0.05) is 12.1 Å². The highest BCUT2D eigenvalue weighted by atomic mass is 16.1. The van der Waals surface area contributed by atoms with Crippen molar-refractivity contribution >= 4 is 5.82 Å². The van der Waals surface area contributed by atoms with Gasteiger partial charge < -0.3 is 11.5 Å². The molecule has 2 bridgehead atoms. The number of fused-ring (bicyclic) bond motifs is 2. The highest BCUT2D eigenvalue weighted by molar-refractivity contribution is 5.36. The first-order valence-electron chi connectivity index (χ1n) is 8.56. The molecule has 2 atom stereocenters. The van der Waals surface area contributed by atoms with E-state index in [9.17, 15) is 4.79 Å². The summed E-state index contributed by atoms with van der Waals surface area (Å²) >= 11 is 0. The van der Waals surface area contributed by atoms with Crippen LogP contribution in [0.25, 0.3) is 5.69 Å². The summed E-state index contributed by atoms with van der Waals surface area (Å²) in [7, 11) is 0. The zero-order valence-electron chi connectivity index (χ0n) is 13.6. The van der Waals surface area contributed by atoms with Crippen LogP contribution >= 0.6 is 0 Å². The van der Waals surface area contributed by atoms with Crippen molar-refractivity contribution in [2.24, 2.45) is 5.73 Å². The Morgan fingerprint density at radius 3 is 2.38 bits per heavy atom. The number of hydrogen-bond donors (Lipinski definition) is 2. The average Bonchev–Trinajstić information content (AvgIpc) is 2.78. The number of anilines is 1. The molecule has 0 amide bonds. The summed E-state index contributed by atoms with van der Waals surface area (Å²) in [4.78, 5) is 18.3. The molecule has 3 heterocycles. The molecule has 2 fully saturated rings. The lowest BCUT2D eigenvalue weighted by molar-refractivity contribution is 0.120. The summed E-state index contributed by atoms with van der Waals surface area (Å²) in [5.74, 6) is 0.242. The largest absolute Gasteiger partial charge is 0.383 e.